The van der Waals surface area contributed by atoms with Gasteiger partial charge in [0.05, 0.1) is 6.54 Å². The zero-order valence-electron chi connectivity index (χ0n) is 11.6. The summed E-state index contributed by atoms with van der Waals surface area (Å²) in [6.45, 7) is 0.0964. The van der Waals surface area contributed by atoms with E-state index in [1.807, 2.05) is 24.4 Å². The molecule has 0 saturated carbocycles. The van der Waals surface area contributed by atoms with Gasteiger partial charge in [-0.1, -0.05) is 6.07 Å². The van der Waals surface area contributed by atoms with Crippen LogP contribution in [0, 0.1) is 5.82 Å². The normalized spacial score (nSPS) is 10.6. The molecule has 0 atom stereocenters. The molecular weight excluding hydrogens is 287 g/mol. The molecule has 0 aliphatic carbocycles. The molecule has 7 heteroatoms. The van der Waals surface area contributed by atoms with Crippen LogP contribution in [0.4, 0.5) is 4.39 Å². The first-order chi connectivity index (χ1) is 10.7. The summed E-state index contributed by atoms with van der Waals surface area (Å²) < 4.78 is 19.8. The molecule has 22 heavy (non-hydrogen) atoms. The average molecular weight is 300 g/mol. The van der Waals surface area contributed by atoms with Crippen molar-refractivity contribution in [1.82, 2.24) is 19.9 Å². The second-order valence-corrected chi connectivity index (χ2v) is 4.56. The van der Waals surface area contributed by atoms with Gasteiger partial charge in [-0.05, 0) is 36.4 Å². The Balaban J connectivity index is 1.53. The molecule has 0 bridgehead atoms. The van der Waals surface area contributed by atoms with Crippen LogP contribution in [-0.2, 0) is 11.3 Å². The topological polar surface area (TPSA) is 68.5 Å². The molecule has 3 aromatic rings. The van der Waals surface area contributed by atoms with Crippen molar-refractivity contribution in [2.75, 3.05) is 6.61 Å². The van der Waals surface area contributed by atoms with Crippen LogP contribution >= 0.6 is 0 Å². The third-order valence-electron chi connectivity index (χ3n) is 3.01. The maximum absolute atomic E-state index is 12.7. The van der Waals surface area contributed by atoms with E-state index in [0.29, 0.717) is 17.2 Å². The summed E-state index contributed by atoms with van der Waals surface area (Å²) in [5.41, 5.74) is 0.717. The smallest absolute Gasteiger partial charge is 0.258 e. The van der Waals surface area contributed by atoms with E-state index in [0.717, 1.165) is 0 Å². The number of carbonyl (C=O) groups excluding carboxylic acids is 1. The van der Waals surface area contributed by atoms with Gasteiger partial charge >= 0.3 is 0 Å². The molecule has 1 N–H and O–H groups in total. The van der Waals surface area contributed by atoms with E-state index in [-0.39, 0.29) is 24.9 Å². The largest absolute Gasteiger partial charge is 0.484 e. The molecule has 2 heterocycles. The number of carbonyl (C=O) groups is 1. The van der Waals surface area contributed by atoms with Crippen LogP contribution in [0.15, 0.2) is 48.7 Å². The highest BCUT2D eigenvalue weighted by Gasteiger charge is 2.07. The van der Waals surface area contributed by atoms with Crippen molar-refractivity contribution in [2.45, 2.75) is 6.54 Å². The zero-order chi connectivity index (χ0) is 15.4. The maximum atomic E-state index is 12.7. The number of benzene rings is 1. The molecule has 0 fully saturated rings. The highest BCUT2D eigenvalue weighted by molar-refractivity contribution is 5.77. The van der Waals surface area contributed by atoms with Crippen molar-refractivity contribution in [3.63, 3.8) is 0 Å². The number of fused-ring (bicyclic) bond motifs is 1. The van der Waals surface area contributed by atoms with Crippen molar-refractivity contribution in [3.05, 3.63) is 60.3 Å². The number of nitrogens with one attached hydrogen (secondary N) is 1. The Morgan fingerprint density at radius 3 is 2.82 bits per heavy atom. The Morgan fingerprint density at radius 1 is 1.18 bits per heavy atom. The predicted molar refractivity (Wildman–Crippen MR) is 76.7 cm³/mol. The van der Waals surface area contributed by atoms with Gasteiger partial charge in [-0.15, -0.1) is 10.2 Å². The lowest BCUT2D eigenvalue weighted by Crippen LogP contribution is -2.29. The minimum Gasteiger partial charge on any atom is -0.484 e. The number of amides is 1. The first kappa shape index (κ1) is 14.0. The SMILES string of the molecule is O=C(COc1ccc(F)cc1)NCc1nnc2ccccn12. The lowest BCUT2D eigenvalue weighted by molar-refractivity contribution is -0.123. The first-order valence-electron chi connectivity index (χ1n) is 6.66. The molecule has 0 aliphatic heterocycles. The van der Waals surface area contributed by atoms with Crippen LogP contribution in [0.5, 0.6) is 5.75 Å². The standard InChI is InChI=1S/C15H13FN4O2/c16-11-4-6-12(7-5-11)22-10-15(21)17-9-14-19-18-13-3-1-2-8-20(13)14/h1-8H,9-10H2,(H,17,21). The van der Waals surface area contributed by atoms with Gasteiger partial charge in [0, 0.05) is 6.20 Å². The van der Waals surface area contributed by atoms with Crippen LogP contribution in [0.1, 0.15) is 5.82 Å². The Hall–Kier alpha value is -2.96. The van der Waals surface area contributed by atoms with Crippen molar-refractivity contribution < 1.29 is 13.9 Å². The number of hydrogen-bond acceptors (Lipinski definition) is 4. The number of rotatable bonds is 5. The number of aromatic nitrogens is 3. The van der Waals surface area contributed by atoms with Crippen molar-refractivity contribution in [1.29, 1.82) is 0 Å². The van der Waals surface area contributed by atoms with E-state index in [1.165, 1.54) is 24.3 Å². The fraction of sp³-hybridized carbons (Fsp3) is 0.133. The minimum absolute atomic E-state index is 0.150. The second kappa shape index (κ2) is 6.21. The first-order valence-corrected chi connectivity index (χ1v) is 6.66. The van der Waals surface area contributed by atoms with E-state index in [9.17, 15) is 9.18 Å². The molecule has 0 aliphatic rings. The molecule has 1 aromatic carbocycles. The summed E-state index contributed by atoms with van der Waals surface area (Å²) in [5, 5.41) is 10.7. The monoisotopic (exact) mass is 300 g/mol. The van der Waals surface area contributed by atoms with E-state index in [4.69, 9.17) is 4.74 Å². The van der Waals surface area contributed by atoms with Gasteiger partial charge in [-0.3, -0.25) is 9.20 Å². The highest BCUT2D eigenvalue weighted by Crippen LogP contribution is 2.10. The van der Waals surface area contributed by atoms with Crippen molar-refractivity contribution in [3.8, 4) is 5.75 Å². The Labute approximate surface area is 125 Å². The third kappa shape index (κ3) is 3.20. The van der Waals surface area contributed by atoms with Crippen LogP contribution in [0.2, 0.25) is 0 Å². The summed E-state index contributed by atoms with van der Waals surface area (Å²) in [6, 6.07) is 11.0. The Morgan fingerprint density at radius 2 is 2.00 bits per heavy atom. The fourth-order valence-corrected chi connectivity index (χ4v) is 1.92. The number of halogens is 1. The quantitative estimate of drug-likeness (QED) is 0.776. The fourth-order valence-electron chi connectivity index (χ4n) is 1.92. The highest BCUT2D eigenvalue weighted by atomic mass is 19.1. The van der Waals surface area contributed by atoms with Crippen LogP contribution in [0.25, 0.3) is 5.65 Å². The van der Waals surface area contributed by atoms with Crippen LogP contribution < -0.4 is 10.1 Å². The molecule has 6 nitrogen and oxygen atoms in total. The van der Waals surface area contributed by atoms with Crippen LogP contribution in [0.3, 0.4) is 0 Å². The van der Waals surface area contributed by atoms with Crippen LogP contribution in [-0.4, -0.2) is 27.1 Å². The zero-order valence-corrected chi connectivity index (χ0v) is 11.6. The predicted octanol–water partition coefficient (Wildman–Crippen LogP) is 1.56. The van der Waals surface area contributed by atoms with E-state index >= 15 is 0 Å². The summed E-state index contributed by atoms with van der Waals surface area (Å²) >= 11 is 0. The van der Waals surface area contributed by atoms with Gasteiger partial charge in [0.1, 0.15) is 11.6 Å². The van der Waals surface area contributed by atoms with E-state index in [1.54, 1.807) is 4.40 Å². The Kier molecular flexibility index (Phi) is 3.95. The molecule has 0 unspecified atom stereocenters. The van der Waals surface area contributed by atoms with Gasteiger partial charge in [0.15, 0.2) is 18.1 Å². The number of nitrogens with zero attached hydrogens (tertiary/aromatic N) is 3. The molecule has 0 saturated heterocycles. The lowest BCUT2D eigenvalue weighted by Gasteiger charge is -2.06. The van der Waals surface area contributed by atoms with E-state index < -0.39 is 0 Å². The summed E-state index contributed by atoms with van der Waals surface area (Å²) in [4.78, 5) is 11.7. The van der Waals surface area contributed by atoms with Crippen molar-refractivity contribution in [2.24, 2.45) is 0 Å². The van der Waals surface area contributed by atoms with Gasteiger partial charge in [-0.2, -0.15) is 0 Å². The van der Waals surface area contributed by atoms with Crippen molar-refractivity contribution >= 4 is 11.6 Å². The third-order valence-corrected chi connectivity index (χ3v) is 3.01. The summed E-state index contributed by atoms with van der Waals surface area (Å²) in [5.74, 6) is 0.419. The molecular formula is C15H13FN4O2. The summed E-state index contributed by atoms with van der Waals surface area (Å²) in [7, 11) is 0. The van der Waals surface area contributed by atoms with Gasteiger partial charge in [0.2, 0.25) is 0 Å². The molecule has 1 amide bonds. The number of hydrogen-bond donors (Lipinski definition) is 1. The van der Waals surface area contributed by atoms with Gasteiger partial charge in [0.25, 0.3) is 5.91 Å². The molecule has 3 rings (SSSR count). The van der Waals surface area contributed by atoms with E-state index in [2.05, 4.69) is 15.5 Å². The molecule has 0 spiro atoms. The lowest BCUT2D eigenvalue weighted by atomic mass is 10.3. The number of pyridine rings is 1. The van der Waals surface area contributed by atoms with Gasteiger partial charge in [-0.25, -0.2) is 4.39 Å². The number of ether oxygens (including phenoxy) is 1. The molecule has 0 radical (unpaired) electrons. The molecule has 2 aromatic heterocycles. The molecule has 112 valence electrons. The maximum Gasteiger partial charge on any atom is 0.258 e. The summed E-state index contributed by atoms with van der Waals surface area (Å²) in [6.07, 6.45) is 1.83. The Bertz CT molecular complexity index is 786. The second-order valence-electron chi connectivity index (χ2n) is 4.56. The minimum atomic E-state index is -0.351. The van der Waals surface area contributed by atoms with Gasteiger partial charge < -0.3 is 10.1 Å². The average Bonchev–Trinajstić information content (AvgIpc) is 2.96.